The van der Waals surface area contributed by atoms with Crippen LogP contribution in [-0.2, 0) is 14.3 Å². The van der Waals surface area contributed by atoms with E-state index < -0.39 is 5.41 Å². The van der Waals surface area contributed by atoms with Crippen LogP contribution in [0.2, 0.25) is 0 Å². The topological polar surface area (TPSA) is 55.8 Å². The van der Waals surface area contributed by atoms with E-state index in [1.807, 2.05) is 13.8 Å². The van der Waals surface area contributed by atoms with Gasteiger partial charge in [0.05, 0.1) is 18.6 Å². The van der Waals surface area contributed by atoms with Crippen LogP contribution in [0.5, 0.6) is 0 Å². The van der Waals surface area contributed by atoms with Crippen LogP contribution in [0.25, 0.3) is 0 Å². The molecule has 0 bridgehead atoms. The van der Waals surface area contributed by atoms with Gasteiger partial charge in [-0.05, 0) is 52.4 Å². The van der Waals surface area contributed by atoms with Crippen LogP contribution >= 0.6 is 0 Å². The average molecular weight is 471 g/mol. The van der Waals surface area contributed by atoms with E-state index in [9.17, 15) is 4.79 Å². The maximum absolute atomic E-state index is 13.0. The summed E-state index contributed by atoms with van der Waals surface area (Å²) in [5.74, 6) is -0.00394. The summed E-state index contributed by atoms with van der Waals surface area (Å²) >= 11 is 0. The number of hydrogen-bond acceptors (Lipinski definition) is 4. The fourth-order valence-corrected chi connectivity index (χ4v) is 4.27. The minimum Gasteiger partial charge on any atom is -0.462 e. The van der Waals surface area contributed by atoms with E-state index in [1.165, 1.54) is 77.0 Å². The maximum Gasteiger partial charge on any atom is 0.311 e. The molecule has 0 fully saturated rings. The summed E-state index contributed by atoms with van der Waals surface area (Å²) in [7, 11) is 0. The van der Waals surface area contributed by atoms with Crippen LogP contribution in [-0.4, -0.2) is 37.0 Å². The first-order chi connectivity index (χ1) is 16.0. The van der Waals surface area contributed by atoms with Gasteiger partial charge in [0.1, 0.15) is 6.10 Å². The van der Waals surface area contributed by atoms with Crippen LogP contribution in [0.4, 0.5) is 0 Å². The number of esters is 1. The molecule has 0 spiro atoms. The van der Waals surface area contributed by atoms with Crippen molar-refractivity contribution in [1.82, 2.24) is 0 Å². The molecule has 0 rings (SSSR count). The number of aliphatic hydroxyl groups is 1. The number of unbranched alkanes of at least 4 members (excludes halogenated alkanes) is 13. The van der Waals surface area contributed by atoms with Gasteiger partial charge in [-0.1, -0.05) is 97.3 Å². The van der Waals surface area contributed by atoms with Crippen LogP contribution in [0.15, 0.2) is 0 Å². The zero-order valence-corrected chi connectivity index (χ0v) is 22.8. The van der Waals surface area contributed by atoms with E-state index in [-0.39, 0.29) is 18.7 Å². The zero-order valence-electron chi connectivity index (χ0n) is 22.8. The Labute approximate surface area is 206 Å². The van der Waals surface area contributed by atoms with Gasteiger partial charge >= 0.3 is 5.97 Å². The summed E-state index contributed by atoms with van der Waals surface area (Å²) in [6.45, 7) is 9.84. The SMILES string of the molecule is CCCCCCCCC(CCCCCCCC)OC(=O)C(C)(C)CCCCCCOCCO. The van der Waals surface area contributed by atoms with E-state index in [1.54, 1.807) is 0 Å². The molecule has 33 heavy (non-hydrogen) atoms. The molecule has 0 unspecified atom stereocenters. The standard InChI is InChI=1S/C29H58O4/c1-5-7-9-11-13-17-21-27(22-18-14-12-10-8-6-2)33-28(31)29(3,4)23-19-15-16-20-25-32-26-24-30/h27,30H,5-26H2,1-4H3. The van der Waals surface area contributed by atoms with E-state index in [0.29, 0.717) is 13.2 Å². The van der Waals surface area contributed by atoms with Crippen LogP contribution in [0.1, 0.15) is 150 Å². The summed E-state index contributed by atoms with van der Waals surface area (Å²) in [5.41, 5.74) is -0.409. The first kappa shape index (κ1) is 32.4. The summed E-state index contributed by atoms with van der Waals surface area (Å²) in [6.07, 6.45) is 22.7. The molecule has 198 valence electrons. The Hall–Kier alpha value is -0.610. The summed E-state index contributed by atoms with van der Waals surface area (Å²) in [4.78, 5) is 13.0. The maximum atomic E-state index is 13.0. The molecule has 0 amide bonds. The number of hydrogen-bond donors (Lipinski definition) is 1. The van der Waals surface area contributed by atoms with Crippen molar-refractivity contribution < 1.29 is 19.4 Å². The number of aliphatic hydroxyl groups excluding tert-OH is 1. The van der Waals surface area contributed by atoms with Crippen LogP contribution < -0.4 is 0 Å². The molecule has 4 nitrogen and oxygen atoms in total. The zero-order chi connectivity index (χ0) is 24.6. The van der Waals surface area contributed by atoms with E-state index in [0.717, 1.165) is 44.9 Å². The average Bonchev–Trinajstić information content (AvgIpc) is 2.79. The number of ether oxygens (including phenoxy) is 2. The fraction of sp³-hybridized carbons (Fsp3) is 0.966. The van der Waals surface area contributed by atoms with E-state index in [4.69, 9.17) is 14.6 Å². The van der Waals surface area contributed by atoms with Crippen molar-refractivity contribution in [2.24, 2.45) is 5.41 Å². The largest absolute Gasteiger partial charge is 0.462 e. The predicted molar refractivity (Wildman–Crippen MR) is 141 cm³/mol. The third kappa shape index (κ3) is 20.5. The van der Waals surface area contributed by atoms with Crippen molar-refractivity contribution in [2.75, 3.05) is 19.8 Å². The van der Waals surface area contributed by atoms with Gasteiger partial charge < -0.3 is 14.6 Å². The first-order valence-electron chi connectivity index (χ1n) is 14.4. The molecular formula is C29H58O4. The van der Waals surface area contributed by atoms with Crippen molar-refractivity contribution in [2.45, 2.75) is 156 Å². The van der Waals surface area contributed by atoms with E-state index in [2.05, 4.69) is 13.8 Å². The van der Waals surface area contributed by atoms with Crippen LogP contribution in [0.3, 0.4) is 0 Å². The number of carbonyl (C=O) groups excluding carboxylic acids is 1. The highest BCUT2D eigenvalue weighted by Gasteiger charge is 2.30. The minimum atomic E-state index is -0.409. The van der Waals surface area contributed by atoms with Gasteiger partial charge in [0.25, 0.3) is 0 Å². The first-order valence-corrected chi connectivity index (χ1v) is 14.4. The second kappa shape index (κ2) is 23.1. The third-order valence-electron chi connectivity index (χ3n) is 6.66. The molecule has 1 N–H and O–H groups in total. The Bertz CT molecular complexity index is 406. The molecule has 0 atom stereocenters. The van der Waals surface area contributed by atoms with Crippen molar-refractivity contribution in [1.29, 1.82) is 0 Å². The lowest BCUT2D eigenvalue weighted by Crippen LogP contribution is -2.31. The summed E-state index contributed by atoms with van der Waals surface area (Å²) in [6, 6.07) is 0. The highest BCUT2D eigenvalue weighted by Crippen LogP contribution is 2.28. The number of rotatable bonds is 25. The molecule has 4 heteroatoms. The predicted octanol–water partition coefficient (Wildman–Crippen LogP) is 8.39. The highest BCUT2D eigenvalue weighted by atomic mass is 16.5. The molecule has 0 saturated heterocycles. The molecule has 0 aliphatic rings. The molecule has 0 aliphatic carbocycles. The molecule has 0 aromatic carbocycles. The fourth-order valence-electron chi connectivity index (χ4n) is 4.27. The lowest BCUT2D eigenvalue weighted by molar-refractivity contribution is -0.161. The molecule has 0 radical (unpaired) electrons. The van der Waals surface area contributed by atoms with Gasteiger partial charge in [-0.25, -0.2) is 0 Å². The quantitative estimate of drug-likeness (QED) is 0.107. The molecule has 0 aromatic heterocycles. The lowest BCUT2D eigenvalue weighted by atomic mass is 9.86. The Kier molecular flexibility index (Phi) is 22.7. The molecule has 0 aliphatic heterocycles. The Morgan fingerprint density at radius 3 is 1.73 bits per heavy atom. The van der Waals surface area contributed by atoms with Gasteiger partial charge in [0, 0.05) is 6.61 Å². The van der Waals surface area contributed by atoms with Crippen molar-refractivity contribution >= 4 is 5.97 Å². The molecule has 0 aromatic rings. The van der Waals surface area contributed by atoms with Gasteiger partial charge in [0.15, 0.2) is 0 Å². The lowest BCUT2D eigenvalue weighted by Gasteiger charge is -2.27. The monoisotopic (exact) mass is 470 g/mol. The second-order valence-electron chi connectivity index (χ2n) is 10.5. The summed E-state index contributed by atoms with van der Waals surface area (Å²) < 4.78 is 11.4. The third-order valence-corrected chi connectivity index (χ3v) is 6.66. The van der Waals surface area contributed by atoms with Gasteiger partial charge in [-0.15, -0.1) is 0 Å². The Morgan fingerprint density at radius 1 is 0.697 bits per heavy atom. The smallest absolute Gasteiger partial charge is 0.311 e. The van der Waals surface area contributed by atoms with Crippen molar-refractivity contribution in [3.8, 4) is 0 Å². The van der Waals surface area contributed by atoms with Gasteiger partial charge in [-0.2, -0.15) is 0 Å². The molecular weight excluding hydrogens is 412 g/mol. The van der Waals surface area contributed by atoms with Crippen LogP contribution in [0, 0.1) is 5.41 Å². The minimum absolute atomic E-state index is 0.00394. The Balaban J connectivity index is 4.32. The second-order valence-corrected chi connectivity index (χ2v) is 10.5. The van der Waals surface area contributed by atoms with Gasteiger partial charge in [0.2, 0.25) is 0 Å². The number of carbonyl (C=O) groups is 1. The van der Waals surface area contributed by atoms with Crippen molar-refractivity contribution in [3.05, 3.63) is 0 Å². The van der Waals surface area contributed by atoms with E-state index >= 15 is 0 Å². The highest BCUT2D eigenvalue weighted by molar-refractivity contribution is 5.76. The molecule has 0 heterocycles. The normalized spacial score (nSPS) is 11.9. The van der Waals surface area contributed by atoms with Gasteiger partial charge in [-0.3, -0.25) is 4.79 Å². The summed E-state index contributed by atoms with van der Waals surface area (Å²) in [5, 5.41) is 8.72. The Morgan fingerprint density at radius 2 is 1.18 bits per heavy atom. The van der Waals surface area contributed by atoms with Crippen molar-refractivity contribution in [3.63, 3.8) is 0 Å². The molecule has 0 saturated carbocycles.